The fourth-order valence-electron chi connectivity index (χ4n) is 1.97. The summed E-state index contributed by atoms with van der Waals surface area (Å²) in [5.41, 5.74) is 0. The van der Waals surface area contributed by atoms with E-state index in [2.05, 4.69) is 11.9 Å². The van der Waals surface area contributed by atoms with Crippen molar-refractivity contribution in [2.75, 3.05) is 20.1 Å². The van der Waals surface area contributed by atoms with E-state index in [9.17, 15) is 4.79 Å². The van der Waals surface area contributed by atoms with Gasteiger partial charge in [-0.3, -0.25) is 0 Å². The monoisotopic (exact) mass is 239 g/mol. The van der Waals surface area contributed by atoms with Crippen LogP contribution in [0.2, 0.25) is 0 Å². The molecule has 0 bridgehead atoms. The first-order valence-electron chi connectivity index (χ1n) is 5.61. The van der Waals surface area contributed by atoms with Crippen molar-refractivity contribution in [3.8, 4) is 0 Å². The van der Waals surface area contributed by atoms with Crippen LogP contribution >= 0.6 is 11.3 Å². The number of esters is 1. The first-order chi connectivity index (χ1) is 7.65. The van der Waals surface area contributed by atoms with Crippen LogP contribution in [0.3, 0.4) is 0 Å². The first-order valence-corrected chi connectivity index (χ1v) is 6.43. The van der Waals surface area contributed by atoms with Gasteiger partial charge in [0.25, 0.3) is 0 Å². The van der Waals surface area contributed by atoms with Gasteiger partial charge in [-0.1, -0.05) is 0 Å². The van der Waals surface area contributed by atoms with Crippen molar-refractivity contribution >= 4 is 17.3 Å². The summed E-state index contributed by atoms with van der Waals surface area (Å²) in [6.45, 7) is 3.96. The molecule has 0 spiro atoms. The molecule has 2 rings (SSSR count). The normalized spacial score (nSPS) is 22.0. The summed E-state index contributed by atoms with van der Waals surface area (Å²) in [4.78, 5) is 15.9. The average molecular weight is 239 g/mol. The number of thiophene rings is 1. The number of hydrogen-bond acceptors (Lipinski definition) is 4. The van der Waals surface area contributed by atoms with E-state index in [1.165, 1.54) is 11.3 Å². The highest BCUT2D eigenvalue weighted by Crippen LogP contribution is 2.19. The third-order valence-electron chi connectivity index (χ3n) is 2.80. The molecule has 2 heterocycles. The summed E-state index contributed by atoms with van der Waals surface area (Å²) in [6.07, 6.45) is 2.16. The van der Waals surface area contributed by atoms with Gasteiger partial charge in [-0.15, -0.1) is 11.3 Å². The quantitative estimate of drug-likeness (QED) is 0.742. The van der Waals surface area contributed by atoms with Gasteiger partial charge < -0.3 is 9.64 Å². The Morgan fingerprint density at radius 2 is 2.38 bits per heavy atom. The second kappa shape index (κ2) is 4.97. The highest BCUT2D eigenvalue weighted by Gasteiger charge is 2.21. The van der Waals surface area contributed by atoms with Crippen LogP contribution in [0, 0.1) is 6.92 Å². The van der Waals surface area contributed by atoms with E-state index >= 15 is 0 Å². The molecule has 0 N–H and O–H groups in total. The van der Waals surface area contributed by atoms with Gasteiger partial charge in [-0.2, -0.15) is 0 Å². The molecule has 0 amide bonds. The van der Waals surface area contributed by atoms with Crippen LogP contribution in [0.5, 0.6) is 0 Å². The lowest BCUT2D eigenvalue weighted by Gasteiger charge is -2.29. The van der Waals surface area contributed by atoms with Gasteiger partial charge in [0.2, 0.25) is 0 Å². The zero-order valence-electron chi connectivity index (χ0n) is 9.73. The largest absolute Gasteiger partial charge is 0.457 e. The second-order valence-electron chi connectivity index (χ2n) is 4.34. The van der Waals surface area contributed by atoms with Gasteiger partial charge in [-0.25, -0.2) is 4.79 Å². The third kappa shape index (κ3) is 2.83. The van der Waals surface area contributed by atoms with Crippen molar-refractivity contribution in [1.82, 2.24) is 4.90 Å². The lowest BCUT2D eigenvalue weighted by atomic mass is 10.1. The van der Waals surface area contributed by atoms with Crippen molar-refractivity contribution in [2.24, 2.45) is 0 Å². The summed E-state index contributed by atoms with van der Waals surface area (Å²) >= 11 is 1.50. The number of aryl methyl sites for hydroxylation is 1. The standard InChI is InChI=1S/C12H17NO2S/c1-9-5-6-11(16-9)12(14)15-10-4-3-7-13(2)8-10/h5-6,10H,3-4,7-8H2,1-2H3/t10-/m1/s1. The van der Waals surface area contributed by atoms with Crippen molar-refractivity contribution in [2.45, 2.75) is 25.9 Å². The second-order valence-corrected chi connectivity index (χ2v) is 5.63. The molecule has 0 radical (unpaired) electrons. The molecule has 1 atom stereocenters. The van der Waals surface area contributed by atoms with Gasteiger partial charge in [0.1, 0.15) is 11.0 Å². The smallest absolute Gasteiger partial charge is 0.348 e. The van der Waals surface area contributed by atoms with Crippen LogP contribution in [-0.4, -0.2) is 37.1 Å². The number of hydrogen-bond donors (Lipinski definition) is 0. The number of likely N-dealkylation sites (tertiary alicyclic amines) is 1. The number of nitrogens with zero attached hydrogens (tertiary/aromatic N) is 1. The number of carbonyl (C=O) groups is 1. The maximum absolute atomic E-state index is 11.8. The Balaban J connectivity index is 1.92. The Kier molecular flexibility index (Phi) is 3.61. The maximum atomic E-state index is 11.8. The van der Waals surface area contributed by atoms with Gasteiger partial charge in [0, 0.05) is 11.4 Å². The van der Waals surface area contributed by atoms with Crippen molar-refractivity contribution in [3.63, 3.8) is 0 Å². The van der Waals surface area contributed by atoms with Crippen LogP contribution in [0.25, 0.3) is 0 Å². The molecule has 1 fully saturated rings. The summed E-state index contributed by atoms with van der Waals surface area (Å²) in [5, 5.41) is 0. The molecule has 16 heavy (non-hydrogen) atoms. The average Bonchev–Trinajstić information content (AvgIpc) is 2.65. The summed E-state index contributed by atoms with van der Waals surface area (Å²) in [5.74, 6) is -0.168. The predicted octanol–water partition coefficient (Wildman–Crippen LogP) is 2.31. The predicted molar refractivity (Wildman–Crippen MR) is 65.0 cm³/mol. The summed E-state index contributed by atoms with van der Waals surface area (Å²) < 4.78 is 5.49. The Hall–Kier alpha value is -0.870. The van der Waals surface area contributed by atoms with E-state index in [1.54, 1.807) is 0 Å². The molecule has 88 valence electrons. The molecule has 4 heteroatoms. The highest BCUT2D eigenvalue weighted by atomic mass is 32.1. The Labute approximate surface area is 100 Å². The number of rotatable bonds is 2. The lowest BCUT2D eigenvalue weighted by Crippen LogP contribution is -2.38. The van der Waals surface area contributed by atoms with Gasteiger partial charge in [0.05, 0.1) is 0 Å². The molecule has 1 aliphatic heterocycles. The van der Waals surface area contributed by atoms with E-state index < -0.39 is 0 Å². The molecule has 1 saturated heterocycles. The molecule has 0 aliphatic carbocycles. The van der Waals surface area contributed by atoms with Crippen LogP contribution in [0.1, 0.15) is 27.4 Å². The number of ether oxygens (including phenoxy) is 1. The number of likely N-dealkylation sites (N-methyl/N-ethyl adjacent to an activating group) is 1. The van der Waals surface area contributed by atoms with Gasteiger partial charge in [0.15, 0.2) is 0 Å². The molecular weight excluding hydrogens is 222 g/mol. The zero-order chi connectivity index (χ0) is 11.5. The molecule has 1 aromatic heterocycles. The molecule has 1 aromatic rings. The van der Waals surface area contributed by atoms with Crippen molar-refractivity contribution < 1.29 is 9.53 Å². The fourth-order valence-corrected chi connectivity index (χ4v) is 2.72. The molecule has 0 saturated carbocycles. The third-order valence-corrected chi connectivity index (χ3v) is 3.78. The minimum Gasteiger partial charge on any atom is -0.457 e. The van der Waals surface area contributed by atoms with Crippen LogP contribution in [0.15, 0.2) is 12.1 Å². The Bertz CT molecular complexity index is 375. The van der Waals surface area contributed by atoms with E-state index in [0.29, 0.717) is 4.88 Å². The van der Waals surface area contributed by atoms with Gasteiger partial charge >= 0.3 is 5.97 Å². The molecule has 0 unspecified atom stereocenters. The van der Waals surface area contributed by atoms with Crippen LogP contribution in [-0.2, 0) is 4.74 Å². The van der Waals surface area contributed by atoms with E-state index in [0.717, 1.165) is 30.8 Å². The number of piperidine rings is 1. The first kappa shape index (κ1) is 11.6. The zero-order valence-corrected chi connectivity index (χ0v) is 10.5. The topological polar surface area (TPSA) is 29.5 Å². The SMILES string of the molecule is Cc1ccc(C(=O)O[C@@H]2CCCN(C)C2)s1. The summed E-state index contributed by atoms with van der Waals surface area (Å²) in [6, 6.07) is 3.79. The maximum Gasteiger partial charge on any atom is 0.348 e. The van der Waals surface area contributed by atoms with Crippen LogP contribution in [0.4, 0.5) is 0 Å². The van der Waals surface area contributed by atoms with Crippen molar-refractivity contribution in [3.05, 3.63) is 21.9 Å². The molecule has 1 aliphatic rings. The fraction of sp³-hybridized carbons (Fsp3) is 0.583. The van der Waals surface area contributed by atoms with E-state index in [-0.39, 0.29) is 12.1 Å². The van der Waals surface area contributed by atoms with E-state index in [4.69, 9.17) is 4.74 Å². The Morgan fingerprint density at radius 1 is 1.56 bits per heavy atom. The number of carbonyl (C=O) groups excluding carboxylic acids is 1. The van der Waals surface area contributed by atoms with E-state index in [1.807, 2.05) is 19.1 Å². The molecule has 0 aromatic carbocycles. The Morgan fingerprint density at radius 3 is 3.00 bits per heavy atom. The van der Waals surface area contributed by atoms with Gasteiger partial charge in [-0.05, 0) is 45.5 Å². The minimum atomic E-state index is -0.168. The molecule has 3 nitrogen and oxygen atoms in total. The molecular formula is C12H17NO2S. The van der Waals surface area contributed by atoms with Crippen LogP contribution < -0.4 is 0 Å². The minimum absolute atomic E-state index is 0.0636. The summed E-state index contributed by atoms with van der Waals surface area (Å²) in [7, 11) is 2.06. The van der Waals surface area contributed by atoms with Crippen molar-refractivity contribution in [1.29, 1.82) is 0 Å². The highest BCUT2D eigenvalue weighted by molar-refractivity contribution is 7.13. The lowest BCUT2D eigenvalue weighted by molar-refractivity contribution is 0.0114.